The molecule has 3 N–H and O–H groups in total. The molecular weight excluding hydrogens is 334 g/mol. The van der Waals surface area contributed by atoms with Crippen molar-refractivity contribution >= 4 is 11.8 Å². The normalized spacial score (nSPS) is 25.2. The number of hydrogen-bond donors (Lipinski definition) is 3. The van der Waals surface area contributed by atoms with Gasteiger partial charge in [-0.25, -0.2) is 10.4 Å². The summed E-state index contributed by atoms with van der Waals surface area (Å²) in [6, 6.07) is 13.7. The van der Waals surface area contributed by atoms with Crippen molar-refractivity contribution < 1.29 is 19.4 Å². The van der Waals surface area contributed by atoms with Gasteiger partial charge in [0.1, 0.15) is 6.04 Å². The van der Waals surface area contributed by atoms with Crippen LogP contribution in [0.2, 0.25) is 0 Å². The number of imide groups is 1. The molecule has 2 aliphatic heterocycles. The highest BCUT2D eigenvalue weighted by molar-refractivity contribution is 6.07. The van der Waals surface area contributed by atoms with Crippen LogP contribution in [-0.2, 0) is 16.1 Å². The van der Waals surface area contributed by atoms with Gasteiger partial charge in [-0.2, -0.15) is 0 Å². The van der Waals surface area contributed by atoms with Crippen molar-refractivity contribution in [3.8, 4) is 11.5 Å². The van der Waals surface area contributed by atoms with E-state index in [-0.39, 0.29) is 23.6 Å². The van der Waals surface area contributed by atoms with Crippen molar-refractivity contribution in [3.05, 3.63) is 59.7 Å². The Hall–Kier alpha value is -2.90. The van der Waals surface area contributed by atoms with Crippen molar-refractivity contribution in [2.45, 2.75) is 18.6 Å². The number of phenolic OH excluding ortho intramolecular Hbond substituents is 1. The molecule has 2 aromatic rings. The van der Waals surface area contributed by atoms with Crippen LogP contribution in [0.5, 0.6) is 11.5 Å². The van der Waals surface area contributed by atoms with Gasteiger partial charge in [0.05, 0.1) is 19.1 Å². The van der Waals surface area contributed by atoms with Crippen LogP contribution >= 0.6 is 0 Å². The summed E-state index contributed by atoms with van der Waals surface area (Å²) < 4.78 is 5.17. The number of hydrazine groups is 1. The lowest BCUT2D eigenvalue weighted by Crippen LogP contribution is -2.43. The van der Waals surface area contributed by atoms with E-state index >= 15 is 0 Å². The Morgan fingerprint density at radius 1 is 1.12 bits per heavy atom. The molecule has 2 heterocycles. The fraction of sp³-hybridized carbons (Fsp3) is 0.263. The number of hydrogen-bond acceptors (Lipinski definition) is 6. The van der Waals surface area contributed by atoms with Crippen LogP contribution in [0.4, 0.5) is 0 Å². The quantitative estimate of drug-likeness (QED) is 0.713. The van der Waals surface area contributed by atoms with Gasteiger partial charge in [0, 0.05) is 6.54 Å². The van der Waals surface area contributed by atoms with Gasteiger partial charge >= 0.3 is 0 Å². The van der Waals surface area contributed by atoms with Crippen LogP contribution in [0.15, 0.2) is 48.5 Å². The Morgan fingerprint density at radius 3 is 2.62 bits per heavy atom. The molecule has 0 saturated carbocycles. The van der Waals surface area contributed by atoms with Crippen LogP contribution in [0.3, 0.4) is 0 Å². The molecule has 0 bridgehead atoms. The first-order chi connectivity index (χ1) is 12.6. The molecule has 0 aliphatic carbocycles. The van der Waals surface area contributed by atoms with E-state index in [4.69, 9.17) is 4.74 Å². The summed E-state index contributed by atoms with van der Waals surface area (Å²) in [7, 11) is 1.47. The zero-order valence-corrected chi connectivity index (χ0v) is 14.2. The number of ether oxygens (including phenoxy) is 1. The molecule has 26 heavy (non-hydrogen) atoms. The monoisotopic (exact) mass is 353 g/mol. The van der Waals surface area contributed by atoms with E-state index in [9.17, 15) is 14.7 Å². The van der Waals surface area contributed by atoms with Gasteiger partial charge in [0.2, 0.25) is 11.8 Å². The minimum absolute atomic E-state index is 0.0267. The number of phenols is 1. The molecule has 0 radical (unpaired) electrons. The Kier molecular flexibility index (Phi) is 4.10. The van der Waals surface area contributed by atoms with E-state index in [1.807, 2.05) is 35.3 Å². The largest absolute Gasteiger partial charge is 0.504 e. The maximum atomic E-state index is 12.4. The number of carbonyl (C=O) groups is 2. The van der Waals surface area contributed by atoms with Crippen LogP contribution in [0.1, 0.15) is 17.2 Å². The summed E-state index contributed by atoms with van der Waals surface area (Å²) >= 11 is 0. The van der Waals surface area contributed by atoms with Crippen LogP contribution < -0.4 is 15.5 Å². The number of aromatic hydroxyl groups is 1. The fourth-order valence-electron chi connectivity index (χ4n) is 3.69. The third kappa shape index (κ3) is 2.71. The lowest BCUT2D eigenvalue weighted by atomic mass is 9.90. The maximum Gasteiger partial charge on any atom is 0.246 e. The van der Waals surface area contributed by atoms with Gasteiger partial charge < -0.3 is 9.84 Å². The summed E-state index contributed by atoms with van der Waals surface area (Å²) in [4.78, 5) is 24.7. The van der Waals surface area contributed by atoms with Crippen LogP contribution in [0, 0.1) is 5.92 Å². The van der Waals surface area contributed by atoms with Crippen molar-refractivity contribution in [1.29, 1.82) is 0 Å². The third-order valence-corrected chi connectivity index (χ3v) is 4.92. The summed E-state index contributed by atoms with van der Waals surface area (Å²) in [5.74, 6) is -0.775. The highest BCUT2D eigenvalue weighted by Gasteiger charge is 2.54. The number of nitrogens with zero attached hydrogens (tertiary/aromatic N) is 1. The Labute approximate surface area is 150 Å². The molecule has 2 fully saturated rings. The van der Waals surface area contributed by atoms with Crippen molar-refractivity contribution in [2.24, 2.45) is 5.92 Å². The minimum Gasteiger partial charge on any atom is -0.504 e. The van der Waals surface area contributed by atoms with E-state index in [1.54, 1.807) is 12.1 Å². The van der Waals surface area contributed by atoms with Gasteiger partial charge in [-0.3, -0.25) is 14.9 Å². The standard InChI is InChI=1S/C19H19N3O4/c1-26-14-9-12(7-8-13(14)23)16-15-17(19(25)20-18(15)24)22(21-16)10-11-5-3-2-4-6-11/h2-9,15-17,21,23H,10H2,1H3,(H,20,24,25)/t15-,16+,17-/m1/s1. The molecule has 2 aromatic carbocycles. The second-order valence-corrected chi connectivity index (χ2v) is 6.48. The molecule has 3 atom stereocenters. The molecule has 7 nitrogen and oxygen atoms in total. The van der Waals surface area contributed by atoms with E-state index in [0.29, 0.717) is 12.3 Å². The maximum absolute atomic E-state index is 12.4. The van der Waals surface area contributed by atoms with Crippen LogP contribution in [0.25, 0.3) is 0 Å². The molecular formula is C19H19N3O4. The molecule has 7 heteroatoms. The SMILES string of the molecule is COc1cc([C@@H]2NN(Cc3ccccc3)[C@H]3C(=O)NC(=O)[C@H]23)ccc1O. The van der Waals surface area contributed by atoms with Crippen LogP contribution in [-0.4, -0.2) is 35.1 Å². The van der Waals surface area contributed by atoms with Gasteiger partial charge in [-0.15, -0.1) is 0 Å². The highest BCUT2D eigenvalue weighted by Crippen LogP contribution is 2.39. The Morgan fingerprint density at radius 2 is 1.88 bits per heavy atom. The average Bonchev–Trinajstić information content (AvgIpc) is 3.16. The molecule has 0 aromatic heterocycles. The van der Waals surface area contributed by atoms with Gasteiger partial charge in [-0.05, 0) is 23.3 Å². The molecule has 134 valence electrons. The van der Waals surface area contributed by atoms with Gasteiger partial charge in [0.25, 0.3) is 0 Å². The van der Waals surface area contributed by atoms with Crippen molar-refractivity contribution in [1.82, 2.24) is 15.8 Å². The molecule has 0 unspecified atom stereocenters. The lowest BCUT2D eigenvalue weighted by molar-refractivity contribution is -0.127. The van der Waals surface area contributed by atoms with Crippen molar-refractivity contribution in [2.75, 3.05) is 7.11 Å². The second-order valence-electron chi connectivity index (χ2n) is 6.48. The average molecular weight is 353 g/mol. The number of fused-ring (bicyclic) bond motifs is 1. The smallest absolute Gasteiger partial charge is 0.246 e. The molecule has 2 aliphatic rings. The number of benzene rings is 2. The van der Waals surface area contributed by atoms with E-state index in [0.717, 1.165) is 11.1 Å². The molecule has 4 rings (SSSR count). The number of methoxy groups -OCH3 is 1. The van der Waals surface area contributed by atoms with E-state index in [2.05, 4.69) is 10.7 Å². The first-order valence-corrected chi connectivity index (χ1v) is 8.37. The second kappa shape index (κ2) is 6.44. The zero-order chi connectivity index (χ0) is 18.3. The fourth-order valence-corrected chi connectivity index (χ4v) is 3.69. The van der Waals surface area contributed by atoms with Gasteiger partial charge in [0.15, 0.2) is 11.5 Å². The summed E-state index contributed by atoms with van der Waals surface area (Å²) in [6.07, 6.45) is 0. The predicted octanol–water partition coefficient (Wildman–Crippen LogP) is 1.10. The first kappa shape index (κ1) is 16.6. The summed E-state index contributed by atoms with van der Waals surface area (Å²) in [6.45, 7) is 0.494. The topological polar surface area (TPSA) is 90.9 Å². The minimum atomic E-state index is -0.576. The third-order valence-electron chi connectivity index (χ3n) is 4.92. The van der Waals surface area contributed by atoms with E-state index < -0.39 is 12.0 Å². The highest BCUT2D eigenvalue weighted by atomic mass is 16.5. The molecule has 2 saturated heterocycles. The Bertz CT molecular complexity index is 855. The van der Waals surface area contributed by atoms with Gasteiger partial charge in [-0.1, -0.05) is 36.4 Å². The number of amides is 2. The summed E-state index contributed by atoms with van der Waals surface area (Å²) in [5, 5.41) is 14.1. The summed E-state index contributed by atoms with van der Waals surface area (Å²) in [5.41, 5.74) is 5.11. The van der Waals surface area contributed by atoms with Crippen molar-refractivity contribution in [3.63, 3.8) is 0 Å². The zero-order valence-electron chi connectivity index (χ0n) is 14.2. The number of carbonyl (C=O) groups excluding carboxylic acids is 2. The Balaban J connectivity index is 1.67. The van der Waals surface area contributed by atoms with E-state index in [1.165, 1.54) is 13.2 Å². The molecule has 0 spiro atoms. The lowest BCUT2D eigenvalue weighted by Gasteiger charge is -2.22. The molecule has 2 amide bonds. The number of nitrogens with one attached hydrogen (secondary N) is 2. The predicted molar refractivity (Wildman–Crippen MR) is 92.9 cm³/mol. The first-order valence-electron chi connectivity index (χ1n) is 8.37. The number of rotatable bonds is 4.